The van der Waals surface area contributed by atoms with Gasteiger partial charge in [0.1, 0.15) is 29.2 Å². The van der Waals surface area contributed by atoms with Crippen LogP contribution in [0.5, 0.6) is 5.75 Å². The van der Waals surface area contributed by atoms with Crippen LogP contribution in [0.2, 0.25) is 0 Å². The Kier molecular flexibility index (Phi) is 4.80. The summed E-state index contributed by atoms with van der Waals surface area (Å²) in [5.41, 5.74) is 0.871. The number of nitrogens with one attached hydrogen (secondary N) is 1. The third kappa shape index (κ3) is 3.69. The number of carboxylic acid groups (broad SMARTS) is 1. The molecule has 0 aromatic carbocycles. The van der Waals surface area contributed by atoms with Gasteiger partial charge in [0.2, 0.25) is 0 Å². The van der Waals surface area contributed by atoms with Crippen molar-refractivity contribution in [2.75, 3.05) is 6.54 Å². The molecule has 0 spiro atoms. The normalized spacial score (nSPS) is 10.7. The number of aromatic nitrogens is 4. The van der Waals surface area contributed by atoms with Crippen molar-refractivity contribution >= 4 is 29.3 Å². The summed E-state index contributed by atoms with van der Waals surface area (Å²) in [5, 5.41) is 25.7. The van der Waals surface area contributed by atoms with Crippen LogP contribution in [0.3, 0.4) is 0 Å². The first-order valence-corrected chi connectivity index (χ1v) is 8.13. The lowest BCUT2D eigenvalue weighted by molar-refractivity contribution is -0.135. The van der Waals surface area contributed by atoms with Crippen molar-refractivity contribution in [2.24, 2.45) is 0 Å². The molecule has 25 heavy (non-hydrogen) atoms. The second-order valence-corrected chi connectivity index (χ2v) is 5.92. The van der Waals surface area contributed by atoms with Gasteiger partial charge in [0.15, 0.2) is 5.65 Å². The molecular weight excluding hydrogens is 346 g/mol. The third-order valence-corrected chi connectivity index (χ3v) is 4.24. The molecule has 0 bridgehead atoms. The highest BCUT2D eigenvalue weighted by Gasteiger charge is 2.21. The van der Waals surface area contributed by atoms with Crippen LogP contribution in [-0.2, 0) is 10.5 Å². The Bertz CT molecular complexity index is 928. The van der Waals surface area contributed by atoms with E-state index in [0.29, 0.717) is 10.8 Å². The number of rotatable bonds is 6. The Labute approximate surface area is 145 Å². The number of hydrogen-bond donors (Lipinski definition) is 3. The predicted molar refractivity (Wildman–Crippen MR) is 88.4 cm³/mol. The number of aromatic hydroxyl groups is 1. The summed E-state index contributed by atoms with van der Waals surface area (Å²) < 4.78 is 1.42. The maximum Gasteiger partial charge on any atom is 0.322 e. The number of carbonyl (C=O) groups is 2. The molecule has 9 nitrogen and oxygen atoms in total. The lowest BCUT2D eigenvalue weighted by atomic mass is 10.2. The monoisotopic (exact) mass is 359 g/mol. The highest BCUT2D eigenvalue weighted by molar-refractivity contribution is 7.98. The molecule has 0 atom stereocenters. The van der Waals surface area contributed by atoms with Crippen LogP contribution in [-0.4, -0.2) is 48.2 Å². The van der Waals surface area contributed by atoms with Crippen molar-refractivity contribution in [3.63, 3.8) is 0 Å². The van der Waals surface area contributed by atoms with E-state index in [1.807, 2.05) is 18.2 Å². The Morgan fingerprint density at radius 3 is 2.84 bits per heavy atom. The largest absolute Gasteiger partial charge is 0.507 e. The van der Waals surface area contributed by atoms with Crippen molar-refractivity contribution < 1.29 is 19.8 Å². The molecular formula is C15H13N5O4S. The van der Waals surface area contributed by atoms with Gasteiger partial charge in [0, 0.05) is 18.0 Å². The number of amides is 1. The van der Waals surface area contributed by atoms with Crippen LogP contribution in [0.1, 0.15) is 16.1 Å². The molecule has 0 fully saturated rings. The lowest BCUT2D eigenvalue weighted by Gasteiger charge is -2.10. The third-order valence-electron chi connectivity index (χ3n) is 3.22. The predicted octanol–water partition coefficient (Wildman–Crippen LogP) is 0.937. The minimum atomic E-state index is -1.19. The number of nitrogens with zero attached hydrogens (tertiary/aromatic N) is 4. The van der Waals surface area contributed by atoms with Crippen molar-refractivity contribution in [3.8, 4) is 5.75 Å². The van der Waals surface area contributed by atoms with Crippen molar-refractivity contribution in [1.82, 2.24) is 24.9 Å². The second-order valence-electron chi connectivity index (χ2n) is 4.92. The molecule has 1 amide bonds. The summed E-state index contributed by atoms with van der Waals surface area (Å²) in [4.78, 5) is 30.9. The first kappa shape index (κ1) is 16.7. The van der Waals surface area contributed by atoms with E-state index in [0.717, 1.165) is 5.69 Å². The SMILES string of the molecule is O=C(O)CNC(=O)c1c(O)cc(SCc2ccccn2)n2ncnc12. The van der Waals surface area contributed by atoms with E-state index in [2.05, 4.69) is 20.4 Å². The summed E-state index contributed by atoms with van der Waals surface area (Å²) in [6.07, 6.45) is 2.95. The highest BCUT2D eigenvalue weighted by atomic mass is 32.2. The first-order chi connectivity index (χ1) is 12.1. The molecule has 0 radical (unpaired) electrons. The average Bonchev–Trinajstić information content (AvgIpc) is 3.08. The summed E-state index contributed by atoms with van der Waals surface area (Å²) in [6, 6.07) is 6.96. The van der Waals surface area contributed by atoms with Crippen LogP contribution < -0.4 is 5.32 Å². The van der Waals surface area contributed by atoms with Gasteiger partial charge >= 0.3 is 5.97 Å². The molecule has 3 heterocycles. The van der Waals surface area contributed by atoms with Crippen LogP contribution in [0.25, 0.3) is 5.65 Å². The van der Waals surface area contributed by atoms with Gasteiger partial charge in [-0.3, -0.25) is 14.6 Å². The molecule has 0 aliphatic rings. The van der Waals surface area contributed by atoms with E-state index < -0.39 is 18.4 Å². The molecule has 3 aromatic heterocycles. The quantitative estimate of drug-likeness (QED) is 0.554. The van der Waals surface area contributed by atoms with Gasteiger partial charge in [0.25, 0.3) is 5.91 Å². The topological polar surface area (TPSA) is 130 Å². The maximum atomic E-state index is 12.1. The minimum absolute atomic E-state index is 0.124. The van der Waals surface area contributed by atoms with E-state index in [4.69, 9.17) is 5.11 Å². The van der Waals surface area contributed by atoms with Crippen LogP contribution in [0.4, 0.5) is 0 Å². The minimum Gasteiger partial charge on any atom is -0.507 e. The van der Waals surface area contributed by atoms with Crippen LogP contribution >= 0.6 is 11.8 Å². The van der Waals surface area contributed by atoms with Crippen LogP contribution in [0, 0.1) is 0 Å². The van der Waals surface area contributed by atoms with E-state index in [-0.39, 0.29) is 17.0 Å². The highest BCUT2D eigenvalue weighted by Crippen LogP contribution is 2.30. The van der Waals surface area contributed by atoms with E-state index in [1.165, 1.54) is 28.7 Å². The smallest absolute Gasteiger partial charge is 0.322 e. The molecule has 0 saturated heterocycles. The summed E-state index contributed by atoms with van der Waals surface area (Å²) in [7, 11) is 0. The zero-order chi connectivity index (χ0) is 17.8. The fourth-order valence-electron chi connectivity index (χ4n) is 2.13. The van der Waals surface area contributed by atoms with Gasteiger partial charge in [-0.1, -0.05) is 17.8 Å². The molecule has 10 heteroatoms. The molecule has 0 unspecified atom stereocenters. The Hall–Kier alpha value is -3.14. The number of pyridine rings is 2. The van der Waals surface area contributed by atoms with Crippen molar-refractivity contribution in [3.05, 3.63) is 48.0 Å². The zero-order valence-corrected chi connectivity index (χ0v) is 13.6. The second kappa shape index (κ2) is 7.18. The lowest BCUT2D eigenvalue weighted by Crippen LogP contribution is -2.29. The molecule has 3 aromatic rings. The molecule has 0 aliphatic heterocycles. The summed E-state index contributed by atoms with van der Waals surface area (Å²) >= 11 is 1.37. The number of thioether (sulfide) groups is 1. The van der Waals surface area contributed by atoms with Gasteiger partial charge < -0.3 is 15.5 Å². The van der Waals surface area contributed by atoms with Gasteiger partial charge in [0.05, 0.1) is 5.69 Å². The Balaban J connectivity index is 1.90. The molecule has 3 N–H and O–H groups in total. The van der Waals surface area contributed by atoms with E-state index in [9.17, 15) is 14.7 Å². The summed E-state index contributed by atoms with van der Waals surface area (Å²) in [6.45, 7) is -0.561. The number of hydrogen-bond acceptors (Lipinski definition) is 7. The van der Waals surface area contributed by atoms with Crippen LogP contribution in [0.15, 0.2) is 41.8 Å². The number of carbonyl (C=O) groups excluding carboxylic acids is 1. The number of fused-ring (bicyclic) bond motifs is 1. The van der Waals surface area contributed by atoms with E-state index in [1.54, 1.807) is 6.20 Å². The molecule has 128 valence electrons. The average molecular weight is 359 g/mol. The van der Waals surface area contributed by atoms with Gasteiger partial charge in [-0.15, -0.1) is 0 Å². The summed E-state index contributed by atoms with van der Waals surface area (Å²) in [5.74, 6) is -1.68. The van der Waals surface area contributed by atoms with Crippen molar-refractivity contribution in [2.45, 2.75) is 10.8 Å². The Morgan fingerprint density at radius 1 is 1.28 bits per heavy atom. The van der Waals surface area contributed by atoms with Gasteiger partial charge in [-0.25, -0.2) is 9.50 Å². The fraction of sp³-hybridized carbons (Fsp3) is 0.133. The zero-order valence-electron chi connectivity index (χ0n) is 12.8. The van der Waals surface area contributed by atoms with E-state index >= 15 is 0 Å². The molecule has 0 saturated carbocycles. The maximum absolute atomic E-state index is 12.1. The van der Waals surface area contributed by atoms with Crippen molar-refractivity contribution in [1.29, 1.82) is 0 Å². The molecule has 0 aliphatic carbocycles. The van der Waals surface area contributed by atoms with Gasteiger partial charge in [-0.05, 0) is 12.1 Å². The number of carboxylic acids is 1. The first-order valence-electron chi connectivity index (χ1n) is 7.14. The Morgan fingerprint density at radius 2 is 2.12 bits per heavy atom. The standard InChI is InChI=1S/C15H13N5O4S/c21-10-5-11(25-7-9-3-1-2-4-16-9)20-14(18-8-19-20)13(10)15(24)17-6-12(22)23/h1-5,8,21H,6-7H2,(H,17,24)(H,22,23). The fourth-order valence-corrected chi connectivity index (χ4v) is 3.05. The number of aliphatic carboxylic acids is 1. The van der Waals surface area contributed by atoms with Gasteiger partial charge in [-0.2, -0.15) is 5.10 Å². The molecule has 3 rings (SSSR count).